The van der Waals surface area contributed by atoms with E-state index in [0.29, 0.717) is 5.92 Å². The molecular weight excluding hydrogens is 284 g/mol. The van der Waals surface area contributed by atoms with Crippen molar-refractivity contribution in [1.82, 2.24) is 9.55 Å². The van der Waals surface area contributed by atoms with E-state index in [1.54, 1.807) is 0 Å². The predicted octanol–water partition coefficient (Wildman–Crippen LogP) is 3.91. The highest BCUT2D eigenvalue weighted by molar-refractivity contribution is 7.71. The van der Waals surface area contributed by atoms with Gasteiger partial charge in [-0.05, 0) is 57.0 Å². The molecule has 0 radical (unpaired) electrons. The van der Waals surface area contributed by atoms with Crippen molar-refractivity contribution in [3.63, 3.8) is 0 Å². The lowest BCUT2D eigenvalue weighted by atomic mass is 10.0. The lowest BCUT2D eigenvalue weighted by molar-refractivity contribution is 0.0615. The van der Waals surface area contributed by atoms with Crippen LogP contribution in [0.1, 0.15) is 26.7 Å². The van der Waals surface area contributed by atoms with Gasteiger partial charge in [0, 0.05) is 19.8 Å². The number of H-pyrrole nitrogens is 1. The van der Waals surface area contributed by atoms with Crippen molar-refractivity contribution in [2.75, 3.05) is 13.2 Å². The second-order valence-electron chi connectivity index (χ2n) is 5.91. The molecule has 1 aromatic carbocycles. The number of benzene rings is 1. The number of hydrogen-bond acceptors (Lipinski definition) is 3. The number of rotatable bonds is 4. The number of aromatic nitrogens is 2. The van der Waals surface area contributed by atoms with Crippen molar-refractivity contribution in [2.24, 2.45) is 5.92 Å². The van der Waals surface area contributed by atoms with Crippen molar-refractivity contribution in [3.05, 3.63) is 23.0 Å². The van der Waals surface area contributed by atoms with Gasteiger partial charge in [-0.25, -0.2) is 0 Å². The van der Waals surface area contributed by atoms with E-state index in [1.807, 2.05) is 26.0 Å². The lowest BCUT2D eigenvalue weighted by Crippen LogP contribution is -2.20. The second-order valence-corrected chi connectivity index (χ2v) is 6.30. The molecule has 1 aromatic heterocycles. The Labute approximate surface area is 130 Å². The van der Waals surface area contributed by atoms with Gasteiger partial charge in [0.15, 0.2) is 4.77 Å². The Hall–Kier alpha value is -1.33. The first kappa shape index (κ1) is 14.6. The van der Waals surface area contributed by atoms with Crippen LogP contribution in [0.2, 0.25) is 0 Å². The molecule has 1 fully saturated rings. The van der Waals surface area contributed by atoms with Gasteiger partial charge in [0.05, 0.1) is 11.6 Å². The molecule has 0 saturated carbocycles. The number of nitrogens with one attached hydrogen (secondary N) is 1. The molecule has 114 valence electrons. The van der Waals surface area contributed by atoms with E-state index < -0.39 is 0 Å². The second kappa shape index (κ2) is 6.20. The normalized spacial score (nSPS) is 16.7. The first-order valence-electron chi connectivity index (χ1n) is 7.61. The van der Waals surface area contributed by atoms with Crippen LogP contribution in [-0.2, 0) is 11.3 Å². The third kappa shape index (κ3) is 3.14. The molecule has 5 heteroatoms. The predicted molar refractivity (Wildman–Crippen MR) is 86.4 cm³/mol. The molecule has 1 aliphatic rings. The Balaban J connectivity index is 1.95. The number of hydrogen-bond donors (Lipinski definition) is 1. The van der Waals surface area contributed by atoms with Crippen LogP contribution in [-0.4, -0.2) is 28.9 Å². The molecule has 0 spiro atoms. The summed E-state index contributed by atoms with van der Waals surface area (Å²) in [7, 11) is 0. The zero-order chi connectivity index (χ0) is 14.8. The Kier molecular flexibility index (Phi) is 4.31. The Morgan fingerprint density at radius 1 is 1.38 bits per heavy atom. The van der Waals surface area contributed by atoms with Crippen molar-refractivity contribution in [3.8, 4) is 5.75 Å². The van der Waals surface area contributed by atoms with Crippen molar-refractivity contribution >= 4 is 23.3 Å². The maximum Gasteiger partial charge on any atom is 0.178 e. The van der Waals surface area contributed by atoms with Crippen LogP contribution in [0.5, 0.6) is 5.75 Å². The van der Waals surface area contributed by atoms with Crippen molar-refractivity contribution < 1.29 is 9.47 Å². The average molecular weight is 306 g/mol. The standard InChI is InChI=1S/C16H22N2O2S/c1-11(2)20-14-5-3-4-13-15(14)17-16(21)18(13)10-12-6-8-19-9-7-12/h3-5,11-12H,6-10H2,1-2H3,(H,17,21). The SMILES string of the molecule is CC(C)Oc1cccc2c1[nH]c(=S)n2CC1CCOCC1. The minimum Gasteiger partial charge on any atom is -0.489 e. The molecular formula is C16H22N2O2S. The van der Waals surface area contributed by atoms with Crippen LogP contribution in [0.25, 0.3) is 11.0 Å². The highest BCUT2D eigenvalue weighted by Gasteiger charge is 2.17. The van der Waals surface area contributed by atoms with E-state index in [2.05, 4.69) is 15.6 Å². The summed E-state index contributed by atoms with van der Waals surface area (Å²) < 4.78 is 14.3. The van der Waals surface area contributed by atoms with Gasteiger partial charge in [-0.2, -0.15) is 0 Å². The third-order valence-electron chi connectivity index (χ3n) is 3.92. The maximum atomic E-state index is 5.87. The van der Waals surface area contributed by atoms with E-state index in [0.717, 1.165) is 54.2 Å². The van der Waals surface area contributed by atoms with Crippen LogP contribution in [0.3, 0.4) is 0 Å². The van der Waals surface area contributed by atoms with Gasteiger partial charge in [0.2, 0.25) is 0 Å². The summed E-state index contributed by atoms with van der Waals surface area (Å²) in [5, 5.41) is 0. The molecule has 1 N–H and O–H groups in total. The van der Waals surface area contributed by atoms with Crippen LogP contribution in [0.4, 0.5) is 0 Å². The average Bonchev–Trinajstić information content (AvgIpc) is 2.77. The van der Waals surface area contributed by atoms with Crippen LogP contribution in [0.15, 0.2) is 18.2 Å². The molecule has 2 aromatic rings. The van der Waals surface area contributed by atoms with Crippen LogP contribution in [0, 0.1) is 10.7 Å². The summed E-state index contributed by atoms with van der Waals surface area (Å²) in [5.74, 6) is 1.51. The third-order valence-corrected chi connectivity index (χ3v) is 4.24. The van der Waals surface area contributed by atoms with Crippen molar-refractivity contribution in [2.45, 2.75) is 39.3 Å². The summed E-state index contributed by atoms with van der Waals surface area (Å²) in [5.41, 5.74) is 2.13. The van der Waals surface area contributed by atoms with E-state index in [9.17, 15) is 0 Å². The van der Waals surface area contributed by atoms with Crippen LogP contribution < -0.4 is 4.74 Å². The summed E-state index contributed by atoms with van der Waals surface area (Å²) >= 11 is 5.52. The Morgan fingerprint density at radius 3 is 2.86 bits per heavy atom. The minimum atomic E-state index is 0.149. The van der Waals surface area contributed by atoms with E-state index in [4.69, 9.17) is 21.7 Å². The summed E-state index contributed by atoms with van der Waals surface area (Å²) in [6, 6.07) is 6.13. The molecule has 0 unspecified atom stereocenters. The zero-order valence-electron chi connectivity index (χ0n) is 12.6. The largest absolute Gasteiger partial charge is 0.489 e. The quantitative estimate of drug-likeness (QED) is 0.870. The topological polar surface area (TPSA) is 39.2 Å². The molecule has 0 aliphatic carbocycles. The first-order valence-corrected chi connectivity index (χ1v) is 8.02. The fourth-order valence-electron chi connectivity index (χ4n) is 2.87. The number of nitrogens with zero attached hydrogens (tertiary/aromatic N) is 1. The molecule has 2 heterocycles. The number of fused-ring (bicyclic) bond motifs is 1. The fourth-order valence-corrected chi connectivity index (χ4v) is 3.15. The molecule has 1 saturated heterocycles. The highest BCUT2D eigenvalue weighted by atomic mass is 32.1. The number of ether oxygens (including phenoxy) is 2. The van der Waals surface area contributed by atoms with Crippen molar-refractivity contribution in [1.29, 1.82) is 0 Å². The monoisotopic (exact) mass is 306 g/mol. The van der Waals surface area contributed by atoms with Gasteiger partial charge < -0.3 is 19.0 Å². The van der Waals surface area contributed by atoms with Crippen LogP contribution >= 0.6 is 12.2 Å². The number of para-hydroxylation sites is 1. The van der Waals surface area contributed by atoms with Gasteiger partial charge in [0.25, 0.3) is 0 Å². The Morgan fingerprint density at radius 2 is 2.14 bits per heavy atom. The van der Waals surface area contributed by atoms with Gasteiger partial charge in [-0.3, -0.25) is 0 Å². The van der Waals surface area contributed by atoms with Gasteiger partial charge in [-0.15, -0.1) is 0 Å². The minimum absolute atomic E-state index is 0.149. The first-order chi connectivity index (χ1) is 10.1. The molecule has 4 nitrogen and oxygen atoms in total. The highest BCUT2D eigenvalue weighted by Crippen LogP contribution is 2.27. The molecule has 3 rings (SSSR count). The molecule has 21 heavy (non-hydrogen) atoms. The number of aromatic amines is 1. The Bertz CT molecular complexity index is 668. The van der Waals surface area contributed by atoms with Gasteiger partial charge in [-0.1, -0.05) is 6.07 Å². The van der Waals surface area contributed by atoms with Gasteiger partial charge in [0.1, 0.15) is 11.3 Å². The molecule has 0 bridgehead atoms. The molecule has 1 aliphatic heterocycles. The lowest BCUT2D eigenvalue weighted by Gasteiger charge is -2.22. The summed E-state index contributed by atoms with van der Waals surface area (Å²) in [4.78, 5) is 3.31. The molecule has 0 amide bonds. The van der Waals surface area contributed by atoms with E-state index in [1.165, 1.54) is 0 Å². The molecule has 0 atom stereocenters. The smallest absolute Gasteiger partial charge is 0.178 e. The van der Waals surface area contributed by atoms with Gasteiger partial charge >= 0.3 is 0 Å². The van der Waals surface area contributed by atoms with E-state index in [-0.39, 0.29) is 6.10 Å². The number of imidazole rings is 1. The summed E-state index contributed by atoms with van der Waals surface area (Å²) in [6.45, 7) is 6.75. The fraction of sp³-hybridized carbons (Fsp3) is 0.562. The summed E-state index contributed by atoms with van der Waals surface area (Å²) in [6.07, 6.45) is 2.36. The zero-order valence-corrected chi connectivity index (χ0v) is 13.4. The van der Waals surface area contributed by atoms with E-state index >= 15 is 0 Å². The maximum absolute atomic E-state index is 5.87.